The molecule has 3 rings (SSSR count). The number of rotatable bonds is 2. The maximum absolute atomic E-state index is 13.2. The maximum Gasteiger partial charge on any atom is 0.273 e. The molecule has 0 aliphatic carbocycles. The lowest BCUT2D eigenvalue weighted by atomic mass is 10.1. The third kappa shape index (κ3) is 3.61. The molecule has 0 amide bonds. The van der Waals surface area contributed by atoms with Crippen LogP contribution in [0.2, 0.25) is 10.0 Å². The summed E-state index contributed by atoms with van der Waals surface area (Å²) in [5.41, 5.74) is 2.57. The third-order valence-electron chi connectivity index (χ3n) is 4.13. The van der Waals surface area contributed by atoms with E-state index in [4.69, 9.17) is 23.2 Å². The summed E-state index contributed by atoms with van der Waals surface area (Å²) in [6, 6.07) is 14.5. The van der Waals surface area contributed by atoms with E-state index >= 15 is 0 Å². The van der Waals surface area contributed by atoms with Crippen molar-refractivity contribution in [2.75, 3.05) is 0 Å². The number of aromatic nitrogens is 1. The van der Waals surface area contributed by atoms with E-state index in [9.17, 15) is 15.3 Å². The quantitative estimate of drug-likeness (QED) is 0.625. The molecule has 0 atom stereocenters. The molecule has 0 bridgehead atoms. The SMILES string of the molecule is Cc1ccc(-n2c(=C(C#N)C#N)sc(=Cc3c(Cl)cccc3Cl)c2=O)c(C)c1. The first-order valence-corrected chi connectivity index (χ1v) is 9.74. The molecule has 0 aliphatic rings. The first kappa shape index (κ1) is 19.9. The minimum absolute atomic E-state index is 0.132. The van der Waals surface area contributed by atoms with Gasteiger partial charge in [0.2, 0.25) is 0 Å². The highest BCUT2D eigenvalue weighted by molar-refractivity contribution is 7.07. The number of halogens is 2. The normalized spacial score (nSPS) is 11.1. The summed E-state index contributed by atoms with van der Waals surface area (Å²) in [6.07, 6.45) is 1.59. The Hall–Kier alpha value is -2.83. The van der Waals surface area contributed by atoms with Crippen molar-refractivity contribution in [3.63, 3.8) is 0 Å². The molecule has 0 N–H and O–H groups in total. The summed E-state index contributed by atoms with van der Waals surface area (Å²) in [5, 5.41) is 19.6. The second-order valence-corrected chi connectivity index (χ2v) is 7.93. The van der Waals surface area contributed by atoms with E-state index in [0.717, 1.165) is 22.5 Å². The molecule has 1 aromatic heterocycles. The molecule has 0 saturated heterocycles. The minimum Gasteiger partial charge on any atom is -0.267 e. The van der Waals surface area contributed by atoms with Gasteiger partial charge < -0.3 is 0 Å². The van der Waals surface area contributed by atoms with E-state index in [1.54, 1.807) is 30.3 Å². The first-order chi connectivity index (χ1) is 13.4. The molecular formula is C21H13Cl2N3OS. The highest BCUT2D eigenvalue weighted by atomic mass is 35.5. The van der Waals surface area contributed by atoms with Gasteiger partial charge in [0.15, 0.2) is 5.57 Å². The number of hydrogen-bond acceptors (Lipinski definition) is 4. The van der Waals surface area contributed by atoms with Crippen LogP contribution in [0.25, 0.3) is 17.3 Å². The topological polar surface area (TPSA) is 69.6 Å². The Kier molecular flexibility index (Phi) is 5.72. The van der Waals surface area contributed by atoms with Crippen LogP contribution in [-0.2, 0) is 0 Å². The van der Waals surface area contributed by atoms with Gasteiger partial charge in [-0.3, -0.25) is 9.36 Å². The molecule has 0 unspecified atom stereocenters. The number of nitrogens with zero attached hydrogens (tertiary/aromatic N) is 3. The Morgan fingerprint density at radius 3 is 2.32 bits per heavy atom. The van der Waals surface area contributed by atoms with Crippen LogP contribution in [0.4, 0.5) is 0 Å². The van der Waals surface area contributed by atoms with Crippen LogP contribution in [0, 0.1) is 36.5 Å². The van der Waals surface area contributed by atoms with Gasteiger partial charge in [-0.05, 0) is 43.7 Å². The first-order valence-electron chi connectivity index (χ1n) is 8.17. The van der Waals surface area contributed by atoms with Crippen LogP contribution in [0.15, 0.2) is 41.2 Å². The molecule has 7 heteroatoms. The van der Waals surface area contributed by atoms with Crippen molar-refractivity contribution in [2.45, 2.75) is 13.8 Å². The number of hydrogen-bond donors (Lipinski definition) is 0. The van der Waals surface area contributed by atoms with Gasteiger partial charge in [-0.15, -0.1) is 11.3 Å². The van der Waals surface area contributed by atoms with Crippen molar-refractivity contribution in [3.8, 4) is 17.8 Å². The molecule has 138 valence electrons. The molecule has 0 aliphatic heterocycles. The zero-order chi connectivity index (χ0) is 20.4. The van der Waals surface area contributed by atoms with Crippen LogP contribution in [0.3, 0.4) is 0 Å². The summed E-state index contributed by atoms with van der Waals surface area (Å²) in [6.45, 7) is 3.83. The highest BCUT2D eigenvalue weighted by Gasteiger charge is 2.14. The van der Waals surface area contributed by atoms with E-state index in [0.29, 0.717) is 25.8 Å². The van der Waals surface area contributed by atoms with Gasteiger partial charge in [-0.1, -0.05) is 47.0 Å². The monoisotopic (exact) mass is 425 g/mol. The van der Waals surface area contributed by atoms with Crippen molar-refractivity contribution in [1.82, 2.24) is 4.57 Å². The minimum atomic E-state index is -0.342. The standard InChI is InChI=1S/C21H13Cl2N3OS/c1-12-6-7-18(13(2)8-12)26-20(27)19(28-21(26)14(10-24)11-25)9-15-16(22)4-3-5-17(15)23/h3-9H,1-2H3. The predicted octanol–water partition coefficient (Wildman–Crippen LogP) is 3.85. The molecule has 0 saturated carbocycles. The fourth-order valence-corrected chi connectivity index (χ4v) is 4.36. The smallest absolute Gasteiger partial charge is 0.267 e. The molecule has 0 spiro atoms. The Morgan fingerprint density at radius 2 is 1.75 bits per heavy atom. The number of benzene rings is 2. The number of nitriles is 2. The van der Waals surface area contributed by atoms with Gasteiger partial charge >= 0.3 is 0 Å². The van der Waals surface area contributed by atoms with Crippen molar-refractivity contribution >= 4 is 46.2 Å². The van der Waals surface area contributed by atoms with Crippen LogP contribution in [-0.4, -0.2) is 4.57 Å². The lowest BCUT2D eigenvalue weighted by Crippen LogP contribution is -2.31. The predicted molar refractivity (Wildman–Crippen MR) is 113 cm³/mol. The Balaban J connectivity index is 2.47. The summed E-state index contributed by atoms with van der Waals surface area (Å²) < 4.78 is 2.00. The summed E-state index contributed by atoms with van der Waals surface area (Å²) in [4.78, 5) is 13.2. The van der Waals surface area contributed by atoms with Gasteiger partial charge in [-0.25, -0.2) is 0 Å². The molecular weight excluding hydrogens is 413 g/mol. The van der Waals surface area contributed by atoms with Crippen LogP contribution in [0.5, 0.6) is 0 Å². The molecule has 4 nitrogen and oxygen atoms in total. The van der Waals surface area contributed by atoms with Gasteiger partial charge in [0.05, 0.1) is 10.2 Å². The second-order valence-electron chi connectivity index (χ2n) is 6.08. The molecule has 0 fully saturated rings. The van der Waals surface area contributed by atoms with Crippen LogP contribution < -0.4 is 14.8 Å². The van der Waals surface area contributed by atoms with E-state index in [-0.39, 0.29) is 15.8 Å². The van der Waals surface area contributed by atoms with Gasteiger partial charge in [0, 0.05) is 15.6 Å². The molecule has 1 heterocycles. The number of aryl methyl sites for hydroxylation is 2. The second kappa shape index (κ2) is 8.04. The van der Waals surface area contributed by atoms with E-state index in [1.165, 1.54) is 4.57 Å². The van der Waals surface area contributed by atoms with E-state index in [1.807, 2.05) is 38.1 Å². The average molecular weight is 426 g/mol. The van der Waals surface area contributed by atoms with Crippen molar-refractivity contribution in [1.29, 1.82) is 10.5 Å². The summed E-state index contributed by atoms with van der Waals surface area (Å²) >= 11 is 13.5. The van der Waals surface area contributed by atoms with Gasteiger partial charge in [0.25, 0.3) is 5.56 Å². The molecule has 2 aromatic carbocycles. The summed E-state index contributed by atoms with van der Waals surface area (Å²) in [5.74, 6) is 0. The molecule has 0 radical (unpaired) electrons. The molecule has 3 aromatic rings. The van der Waals surface area contributed by atoms with E-state index < -0.39 is 0 Å². The lowest BCUT2D eigenvalue weighted by Gasteiger charge is -2.07. The highest BCUT2D eigenvalue weighted by Crippen LogP contribution is 2.24. The fraction of sp³-hybridized carbons (Fsp3) is 0.0952. The summed E-state index contributed by atoms with van der Waals surface area (Å²) in [7, 11) is 0. The fourth-order valence-electron chi connectivity index (χ4n) is 2.83. The Bertz CT molecular complexity index is 1320. The van der Waals surface area contributed by atoms with Crippen molar-refractivity contribution in [2.24, 2.45) is 0 Å². The lowest BCUT2D eigenvalue weighted by molar-refractivity contribution is 0.973. The van der Waals surface area contributed by atoms with Crippen LogP contribution in [0.1, 0.15) is 16.7 Å². The van der Waals surface area contributed by atoms with E-state index in [2.05, 4.69) is 0 Å². The Labute approximate surface area is 175 Å². The zero-order valence-electron chi connectivity index (χ0n) is 15.0. The van der Waals surface area contributed by atoms with Gasteiger partial charge in [-0.2, -0.15) is 10.5 Å². The maximum atomic E-state index is 13.2. The van der Waals surface area contributed by atoms with Crippen LogP contribution >= 0.6 is 34.5 Å². The largest absolute Gasteiger partial charge is 0.273 e. The van der Waals surface area contributed by atoms with Crippen molar-refractivity contribution < 1.29 is 0 Å². The average Bonchev–Trinajstić information content (AvgIpc) is 2.96. The zero-order valence-corrected chi connectivity index (χ0v) is 17.3. The molecule has 28 heavy (non-hydrogen) atoms. The number of thiazole rings is 1. The third-order valence-corrected chi connectivity index (χ3v) is 5.88. The Morgan fingerprint density at radius 1 is 1.11 bits per heavy atom. The van der Waals surface area contributed by atoms with Gasteiger partial charge in [0.1, 0.15) is 16.8 Å². The van der Waals surface area contributed by atoms with Crippen molar-refractivity contribution in [3.05, 3.63) is 82.7 Å².